The number of hydrogen-bond acceptors (Lipinski definition) is 5. The predicted molar refractivity (Wildman–Crippen MR) is 79.8 cm³/mol. The summed E-state index contributed by atoms with van der Waals surface area (Å²) in [5, 5.41) is 4.10. The van der Waals surface area contributed by atoms with Gasteiger partial charge in [-0.05, 0) is 33.8 Å². The van der Waals surface area contributed by atoms with Gasteiger partial charge < -0.3 is 9.47 Å². The van der Waals surface area contributed by atoms with E-state index >= 15 is 0 Å². The minimum Gasteiger partial charge on any atom is -0.444 e. The topological polar surface area (TPSA) is 73.7 Å². The first kappa shape index (κ1) is 16.5. The van der Waals surface area contributed by atoms with Crippen LogP contribution in [0.3, 0.4) is 0 Å². The summed E-state index contributed by atoms with van der Waals surface area (Å²) in [5.41, 5.74) is -0.125. The molecule has 2 rings (SSSR count). The molecule has 7 nitrogen and oxygen atoms in total. The molecule has 0 bridgehead atoms. The maximum atomic E-state index is 12.7. The molecule has 2 heterocycles. The van der Waals surface area contributed by atoms with Crippen LogP contribution in [0.4, 0.5) is 4.79 Å². The van der Waals surface area contributed by atoms with E-state index in [9.17, 15) is 9.59 Å². The summed E-state index contributed by atoms with van der Waals surface area (Å²) in [6.07, 6.45) is 1.09. The number of aryl methyl sites for hydroxylation is 1. The summed E-state index contributed by atoms with van der Waals surface area (Å²) in [7, 11) is 0. The molecule has 1 aromatic heterocycles. The number of hydrogen-bond donors (Lipinski definition) is 0. The highest BCUT2D eigenvalue weighted by molar-refractivity contribution is 6.00. The molecule has 0 saturated carbocycles. The van der Waals surface area contributed by atoms with Crippen LogP contribution in [-0.2, 0) is 16.0 Å². The van der Waals surface area contributed by atoms with Crippen LogP contribution >= 0.6 is 0 Å². The van der Waals surface area contributed by atoms with E-state index in [1.807, 2.05) is 6.92 Å². The van der Waals surface area contributed by atoms with E-state index in [2.05, 4.69) is 5.10 Å². The number of ketones is 1. The lowest BCUT2D eigenvalue weighted by molar-refractivity contribution is -0.0267. The van der Waals surface area contributed by atoms with Gasteiger partial charge in [0.1, 0.15) is 17.3 Å². The van der Waals surface area contributed by atoms with Gasteiger partial charge in [-0.2, -0.15) is 5.10 Å². The van der Waals surface area contributed by atoms with E-state index in [1.54, 1.807) is 37.7 Å². The minimum absolute atomic E-state index is 0.174. The number of rotatable bonds is 3. The van der Waals surface area contributed by atoms with Crippen molar-refractivity contribution in [3.8, 4) is 0 Å². The molecule has 1 fully saturated rings. The van der Waals surface area contributed by atoms with E-state index in [4.69, 9.17) is 9.47 Å². The van der Waals surface area contributed by atoms with Gasteiger partial charge in [-0.25, -0.2) is 4.79 Å². The Balaban J connectivity index is 2.19. The first-order chi connectivity index (χ1) is 10.3. The van der Waals surface area contributed by atoms with Crippen molar-refractivity contribution >= 4 is 11.9 Å². The summed E-state index contributed by atoms with van der Waals surface area (Å²) in [6, 6.07) is 0.985. The SMILES string of the molecule is CCn1nccc1C(=O)C1COCCN1C(=O)OC(C)(C)C. The fourth-order valence-electron chi connectivity index (χ4n) is 2.32. The molecule has 0 aliphatic carbocycles. The first-order valence-electron chi connectivity index (χ1n) is 7.47. The Labute approximate surface area is 130 Å². The molecule has 1 atom stereocenters. The van der Waals surface area contributed by atoms with E-state index in [0.29, 0.717) is 25.4 Å². The summed E-state index contributed by atoms with van der Waals surface area (Å²) in [4.78, 5) is 26.5. The fourth-order valence-corrected chi connectivity index (χ4v) is 2.32. The van der Waals surface area contributed by atoms with Crippen molar-refractivity contribution in [2.75, 3.05) is 19.8 Å². The van der Waals surface area contributed by atoms with Crippen LogP contribution in [0, 0.1) is 0 Å². The van der Waals surface area contributed by atoms with Crippen LogP contribution < -0.4 is 0 Å². The number of Topliss-reactive ketones (excluding diaryl/α,β-unsaturated/α-hetero) is 1. The molecule has 0 spiro atoms. The maximum absolute atomic E-state index is 12.7. The predicted octanol–water partition coefficient (Wildman–Crippen LogP) is 1.72. The minimum atomic E-state index is -0.675. The highest BCUT2D eigenvalue weighted by atomic mass is 16.6. The third-order valence-corrected chi connectivity index (χ3v) is 3.33. The highest BCUT2D eigenvalue weighted by Crippen LogP contribution is 2.17. The number of aromatic nitrogens is 2. The zero-order chi connectivity index (χ0) is 16.3. The Morgan fingerprint density at radius 1 is 1.45 bits per heavy atom. The standard InChI is InChI=1S/C15H23N3O4/c1-5-18-11(6-7-16-18)13(19)12-10-21-9-8-17(12)14(20)22-15(2,3)4/h6-7,12H,5,8-10H2,1-4H3. The van der Waals surface area contributed by atoms with Gasteiger partial charge in [0, 0.05) is 19.3 Å². The molecule has 0 radical (unpaired) electrons. The quantitative estimate of drug-likeness (QED) is 0.795. The number of morpholine rings is 1. The number of carbonyl (C=O) groups is 2. The van der Waals surface area contributed by atoms with Crippen LogP contribution in [0.5, 0.6) is 0 Å². The number of amides is 1. The van der Waals surface area contributed by atoms with Gasteiger partial charge in [0.15, 0.2) is 0 Å². The average molecular weight is 309 g/mol. The maximum Gasteiger partial charge on any atom is 0.411 e. The number of ether oxygens (including phenoxy) is 2. The van der Waals surface area contributed by atoms with Crippen LogP contribution in [0.25, 0.3) is 0 Å². The van der Waals surface area contributed by atoms with Crippen molar-refractivity contribution in [1.29, 1.82) is 0 Å². The second-order valence-corrected chi connectivity index (χ2v) is 6.16. The van der Waals surface area contributed by atoms with E-state index < -0.39 is 17.7 Å². The molecule has 1 unspecified atom stereocenters. The van der Waals surface area contributed by atoms with Gasteiger partial charge in [-0.1, -0.05) is 0 Å². The Bertz CT molecular complexity index is 547. The van der Waals surface area contributed by atoms with Gasteiger partial charge in [0.25, 0.3) is 0 Å². The molecule has 7 heteroatoms. The highest BCUT2D eigenvalue weighted by Gasteiger charge is 2.36. The molecule has 1 aromatic rings. The second-order valence-electron chi connectivity index (χ2n) is 6.16. The van der Waals surface area contributed by atoms with Gasteiger partial charge >= 0.3 is 6.09 Å². The largest absolute Gasteiger partial charge is 0.444 e. The van der Waals surface area contributed by atoms with E-state index in [1.165, 1.54) is 4.90 Å². The van der Waals surface area contributed by atoms with E-state index in [-0.39, 0.29) is 12.4 Å². The molecule has 122 valence electrons. The number of carbonyl (C=O) groups excluding carboxylic acids is 2. The van der Waals surface area contributed by atoms with Crippen LogP contribution in [0.1, 0.15) is 38.2 Å². The summed E-state index contributed by atoms with van der Waals surface area (Å²) >= 11 is 0. The van der Waals surface area contributed by atoms with E-state index in [0.717, 1.165) is 0 Å². The normalized spacial score (nSPS) is 19.1. The van der Waals surface area contributed by atoms with Gasteiger partial charge in [0.05, 0.1) is 13.2 Å². The summed E-state index contributed by atoms with van der Waals surface area (Å²) < 4.78 is 12.4. The molecule has 1 saturated heterocycles. The van der Waals surface area contributed by atoms with Crippen molar-refractivity contribution in [3.63, 3.8) is 0 Å². The lowest BCUT2D eigenvalue weighted by Crippen LogP contribution is -2.54. The Kier molecular flexibility index (Phi) is 4.85. The van der Waals surface area contributed by atoms with Gasteiger partial charge in [-0.3, -0.25) is 14.4 Å². The monoisotopic (exact) mass is 309 g/mol. The van der Waals surface area contributed by atoms with Crippen molar-refractivity contribution in [3.05, 3.63) is 18.0 Å². The lowest BCUT2D eigenvalue weighted by atomic mass is 10.1. The van der Waals surface area contributed by atoms with Gasteiger partial charge in [0.2, 0.25) is 5.78 Å². The molecule has 0 N–H and O–H groups in total. The third-order valence-electron chi connectivity index (χ3n) is 3.33. The Morgan fingerprint density at radius 3 is 2.82 bits per heavy atom. The van der Waals surface area contributed by atoms with Crippen molar-refractivity contribution in [1.82, 2.24) is 14.7 Å². The molecule has 1 aliphatic heterocycles. The van der Waals surface area contributed by atoms with Crippen molar-refractivity contribution in [2.24, 2.45) is 0 Å². The smallest absolute Gasteiger partial charge is 0.411 e. The Morgan fingerprint density at radius 2 is 2.18 bits per heavy atom. The van der Waals surface area contributed by atoms with Gasteiger partial charge in [-0.15, -0.1) is 0 Å². The molecular weight excluding hydrogens is 286 g/mol. The molecular formula is C15H23N3O4. The zero-order valence-electron chi connectivity index (χ0n) is 13.5. The summed E-state index contributed by atoms with van der Waals surface area (Å²) in [6.45, 7) is 8.81. The Hall–Kier alpha value is -1.89. The molecule has 0 aromatic carbocycles. The summed E-state index contributed by atoms with van der Waals surface area (Å²) in [5.74, 6) is -0.176. The zero-order valence-corrected chi connectivity index (χ0v) is 13.5. The van der Waals surface area contributed by atoms with Crippen LogP contribution in [0.2, 0.25) is 0 Å². The third kappa shape index (κ3) is 3.65. The van der Waals surface area contributed by atoms with Crippen LogP contribution in [0.15, 0.2) is 12.3 Å². The molecule has 22 heavy (non-hydrogen) atoms. The molecule has 1 aliphatic rings. The first-order valence-corrected chi connectivity index (χ1v) is 7.47. The van der Waals surface area contributed by atoms with Crippen molar-refractivity contribution < 1.29 is 19.1 Å². The lowest BCUT2D eigenvalue weighted by Gasteiger charge is -2.35. The van der Waals surface area contributed by atoms with Crippen LogP contribution in [-0.4, -0.2) is 58.0 Å². The fraction of sp³-hybridized carbons (Fsp3) is 0.667. The second kappa shape index (κ2) is 6.48. The number of nitrogens with zero attached hydrogens (tertiary/aromatic N) is 3. The molecule has 1 amide bonds. The average Bonchev–Trinajstić information content (AvgIpc) is 2.93. The van der Waals surface area contributed by atoms with Crippen molar-refractivity contribution in [2.45, 2.75) is 45.9 Å².